The fourth-order valence-electron chi connectivity index (χ4n) is 2.72. The van der Waals surface area contributed by atoms with Crippen LogP contribution in [-0.2, 0) is 6.42 Å². The molecule has 0 fully saturated rings. The largest absolute Gasteiger partial charge is 0.508 e. The Kier molecular flexibility index (Phi) is 4.62. The van der Waals surface area contributed by atoms with Crippen LogP contribution in [0.25, 0.3) is 0 Å². The highest BCUT2D eigenvalue weighted by Gasteiger charge is 2.14. The first-order chi connectivity index (χ1) is 11.2. The molecule has 3 aromatic rings. The average Bonchev–Trinajstić information content (AvgIpc) is 2.58. The van der Waals surface area contributed by atoms with Crippen LogP contribution in [0.5, 0.6) is 17.2 Å². The molecule has 0 aliphatic carbocycles. The van der Waals surface area contributed by atoms with E-state index in [1.54, 1.807) is 6.07 Å². The van der Waals surface area contributed by atoms with E-state index in [1.165, 1.54) is 0 Å². The van der Waals surface area contributed by atoms with E-state index in [0.29, 0.717) is 5.75 Å². The molecule has 2 heteroatoms. The van der Waals surface area contributed by atoms with E-state index in [2.05, 4.69) is 13.0 Å². The summed E-state index contributed by atoms with van der Waals surface area (Å²) in [5, 5.41) is 9.98. The van der Waals surface area contributed by atoms with Gasteiger partial charge in [0.15, 0.2) is 0 Å². The predicted molar refractivity (Wildman–Crippen MR) is 93.2 cm³/mol. The van der Waals surface area contributed by atoms with Gasteiger partial charge in [-0.15, -0.1) is 0 Å². The molecule has 1 unspecified atom stereocenters. The van der Waals surface area contributed by atoms with Gasteiger partial charge in [0.25, 0.3) is 0 Å². The highest BCUT2D eigenvalue weighted by molar-refractivity contribution is 5.41. The van der Waals surface area contributed by atoms with Gasteiger partial charge in [0, 0.05) is 0 Å². The maximum atomic E-state index is 9.98. The lowest BCUT2D eigenvalue weighted by Crippen LogP contribution is -2.01. The Labute approximate surface area is 137 Å². The molecule has 3 aromatic carbocycles. The SMILES string of the molecule is CC(Cc1ccccc1O)c1ccccc1Oc1ccccc1. The number of aromatic hydroxyl groups is 1. The van der Waals surface area contributed by atoms with Crippen molar-refractivity contribution >= 4 is 0 Å². The van der Waals surface area contributed by atoms with Crippen molar-refractivity contribution in [2.75, 3.05) is 0 Å². The number of phenols is 1. The van der Waals surface area contributed by atoms with Gasteiger partial charge in [0.2, 0.25) is 0 Å². The van der Waals surface area contributed by atoms with Gasteiger partial charge in [-0.1, -0.05) is 61.5 Å². The van der Waals surface area contributed by atoms with Crippen molar-refractivity contribution < 1.29 is 9.84 Å². The van der Waals surface area contributed by atoms with Gasteiger partial charge in [-0.25, -0.2) is 0 Å². The predicted octanol–water partition coefficient (Wildman–Crippen LogP) is 5.53. The highest BCUT2D eigenvalue weighted by atomic mass is 16.5. The van der Waals surface area contributed by atoms with Gasteiger partial charge in [-0.2, -0.15) is 0 Å². The molecule has 0 amide bonds. The van der Waals surface area contributed by atoms with Gasteiger partial charge >= 0.3 is 0 Å². The van der Waals surface area contributed by atoms with Crippen LogP contribution < -0.4 is 4.74 Å². The van der Waals surface area contributed by atoms with Gasteiger partial charge in [-0.05, 0) is 47.7 Å². The van der Waals surface area contributed by atoms with Crippen molar-refractivity contribution in [3.8, 4) is 17.2 Å². The number of ether oxygens (including phenoxy) is 1. The minimum atomic E-state index is 0.239. The summed E-state index contributed by atoms with van der Waals surface area (Å²) in [5.74, 6) is 2.28. The van der Waals surface area contributed by atoms with Crippen LogP contribution in [0.1, 0.15) is 24.0 Å². The maximum absolute atomic E-state index is 9.98. The zero-order valence-electron chi connectivity index (χ0n) is 13.1. The molecule has 1 atom stereocenters. The third-order valence-corrected chi connectivity index (χ3v) is 3.94. The van der Waals surface area contributed by atoms with Crippen LogP contribution in [0.2, 0.25) is 0 Å². The quantitative estimate of drug-likeness (QED) is 0.671. The van der Waals surface area contributed by atoms with Crippen LogP contribution in [0.4, 0.5) is 0 Å². The second-order valence-corrected chi connectivity index (χ2v) is 5.69. The standard InChI is InChI=1S/C21H20O2/c1-16(15-17-9-5-7-13-20(17)22)19-12-6-8-14-21(19)23-18-10-3-2-4-11-18/h2-14,16,22H,15H2,1H3. The van der Waals surface area contributed by atoms with E-state index in [1.807, 2.05) is 66.7 Å². The van der Waals surface area contributed by atoms with E-state index < -0.39 is 0 Å². The first-order valence-corrected chi connectivity index (χ1v) is 7.83. The lowest BCUT2D eigenvalue weighted by molar-refractivity contribution is 0.460. The number of para-hydroxylation sites is 3. The summed E-state index contributed by atoms with van der Waals surface area (Å²) in [7, 11) is 0. The summed E-state index contributed by atoms with van der Waals surface area (Å²) in [6.07, 6.45) is 0.766. The number of phenolic OH excluding ortho intramolecular Hbond substituents is 1. The van der Waals surface area contributed by atoms with Gasteiger partial charge in [-0.3, -0.25) is 0 Å². The van der Waals surface area contributed by atoms with Crippen LogP contribution in [-0.4, -0.2) is 5.11 Å². The van der Waals surface area contributed by atoms with E-state index in [-0.39, 0.29) is 5.92 Å². The summed E-state index contributed by atoms with van der Waals surface area (Å²) in [6, 6.07) is 25.4. The second-order valence-electron chi connectivity index (χ2n) is 5.69. The van der Waals surface area contributed by atoms with Crippen LogP contribution >= 0.6 is 0 Å². The first-order valence-electron chi connectivity index (χ1n) is 7.83. The Bertz CT molecular complexity index is 766. The molecule has 0 aliphatic heterocycles. The molecule has 0 aromatic heterocycles. The number of hydrogen-bond donors (Lipinski definition) is 1. The molecule has 0 aliphatic rings. The Hall–Kier alpha value is -2.74. The fraction of sp³-hybridized carbons (Fsp3) is 0.143. The zero-order valence-corrected chi connectivity index (χ0v) is 13.1. The molecule has 3 rings (SSSR count). The zero-order chi connectivity index (χ0) is 16.1. The lowest BCUT2D eigenvalue weighted by Gasteiger charge is -2.17. The van der Waals surface area contributed by atoms with E-state index in [4.69, 9.17) is 4.74 Å². The van der Waals surface area contributed by atoms with Gasteiger partial charge in [0.05, 0.1) is 0 Å². The van der Waals surface area contributed by atoms with Crippen LogP contribution in [0, 0.1) is 0 Å². The fourth-order valence-corrected chi connectivity index (χ4v) is 2.72. The van der Waals surface area contributed by atoms with Crippen molar-refractivity contribution in [2.24, 2.45) is 0 Å². The molecular weight excluding hydrogens is 284 g/mol. The van der Waals surface area contributed by atoms with Crippen molar-refractivity contribution in [3.63, 3.8) is 0 Å². The van der Waals surface area contributed by atoms with Gasteiger partial charge < -0.3 is 9.84 Å². The molecule has 2 nitrogen and oxygen atoms in total. The molecule has 0 spiro atoms. The smallest absolute Gasteiger partial charge is 0.130 e. The molecule has 1 N–H and O–H groups in total. The molecule has 0 heterocycles. The maximum Gasteiger partial charge on any atom is 0.130 e. The minimum Gasteiger partial charge on any atom is -0.508 e. The summed E-state index contributed by atoms with van der Waals surface area (Å²) < 4.78 is 6.04. The molecule has 116 valence electrons. The first kappa shape index (κ1) is 15.2. The molecule has 23 heavy (non-hydrogen) atoms. The minimum absolute atomic E-state index is 0.239. The lowest BCUT2D eigenvalue weighted by atomic mass is 9.92. The van der Waals surface area contributed by atoms with Crippen molar-refractivity contribution in [3.05, 3.63) is 90.0 Å². The summed E-state index contributed by atoms with van der Waals surface area (Å²) in [4.78, 5) is 0. The molecule has 0 saturated carbocycles. The van der Waals surface area contributed by atoms with Crippen LogP contribution in [0.15, 0.2) is 78.9 Å². The Morgan fingerprint density at radius 1 is 0.826 bits per heavy atom. The third kappa shape index (κ3) is 3.72. The molecule has 0 saturated heterocycles. The van der Waals surface area contributed by atoms with Gasteiger partial charge in [0.1, 0.15) is 17.2 Å². The van der Waals surface area contributed by atoms with Crippen molar-refractivity contribution in [2.45, 2.75) is 19.3 Å². The molecule has 0 bridgehead atoms. The van der Waals surface area contributed by atoms with Crippen LogP contribution in [0.3, 0.4) is 0 Å². The molecule has 0 radical (unpaired) electrons. The molecular formula is C21H20O2. The average molecular weight is 304 g/mol. The second kappa shape index (κ2) is 7.01. The van der Waals surface area contributed by atoms with E-state index in [0.717, 1.165) is 29.0 Å². The topological polar surface area (TPSA) is 29.5 Å². The Morgan fingerprint density at radius 3 is 2.26 bits per heavy atom. The Morgan fingerprint density at radius 2 is 1.48 bits per heavy atom. The summed E-state index contributed by atoms with van der Waals surface area (Å²) in [6.45, 7) is 2.15. The van der Waals surface area contributed by atoms with E-state index in [9.17, 15) is 5.11 Å². The number of rotatable bonds is 5. The van der Waals surface area contributed by atoms with E-state index >= 15 is 0 Å². The Balaban J connectivity index is 1.83. The summed E-state index contributed by atoms with van der Waals surface area (Å²) >= 11 is 0. The monoisotopic (exact) mass is 304 g/mol. The normalized spacial score (nSPS) is 11.9. The summed E-state index contributed by atoms with van der Waals surface area (Å²) in [5.41, 5.74) is 2.09. The number of benzene rings is 3. The third-order valence-electron chi connectivity index (χ3n) is 3.94. The van der Waals surface area contributed by atoms with Crippen molar-refractivity contribution in [1.82, 2.24) is 0 Å². The number of hydrogen-bond acceptors (Lipinski definition) is 2. The van der Waals surface area contributed by atoms with Crippen molar-refractivity contribution in [1.29, 1.82) is 0 Å². The highest BCUT2D eigenvalue weighted by Crippen LogP contribution is 2.33.